The van der Waals surface area contributed by atoms with Crippen molar-refractivity contribution in [2.75, 3.05) is 19.2 Å². The monoisotopic (exact) mass is 287 g/mol. The van der Waals surface area contributed by atoms with Crippen molar-refractivity contribution in [1.82, 2.24) is 9.97 Å². The van der Waals surface area contributed by atoms with E-state index in [4.69, 9.17) is 9.47 Å². The zero-order valence-electron chi connectivity index (χ0n) is 11.5. The third-order valence-corrected chi connectivity index (χ3v) is 2.88. The molecular weight excluding hydrogens is 274 g/mol. The molecule has 0 radical (unpaired) electrons. The number of aryl methyl sites for hydroxylation is 1. The summed E-state index contributed by atoms with van der Waals surface area (Å²) in [6.07, 6.45) is 0. The Balaban J connectivity index is 1.87. The molecule has 1 aromatic carbocycles. The molecule has 1 aliphatic heterocycles. The maximum atomic E-state index is 11.5. The Kier molecular flexibility index (Phi) is 3.31. The topological polar surface area (TPSA) is 82.6 Å². The molecule has 0 saturated heterocycles. The lowest BCUT2D eigenvalue weighted by molar-refractivity contribution is 0.0594. The van der Waals surface area contributed by atoms with Gasteiger partial charge in [0.05, 0.1) is 7.11 Å². The van der Waals surface area contributed by atoms with Crippen LogP contribution >= 0.6 is 0 Å². The molecule has 1 aromatic heterocycles. The average Bonchev–Trinajstić information content (AvgIpc) is 2.93. The molecule has 7 nitrogen and oxygen atoms in total. The fourth-order valence-corrected chi connectivity index (χ4v) is 1.94. The van der Waals surface area contributed by atoms with Crippen LogP contribution in [0.1, 0.15) is 16.2 Å². The number of nitrogens with zero attached hydrogens (tertiary/aromatic N) is 2. The Morgan fingerprint density at radius 1 is 1.24 bits per heavy atom. The highest BCUT2D eigenvalue weighted by molar-refractivity contribution is 5.87. The van der Waals surface area contributed by atoms with Crippen LogP contribution in [0.3, 0.4) is 0 Å². The van der Waals surface area contributed by atoms with E-state index in [-0.39, 0.29) is 12.5 Å². The molecule has 21 heavy (non-hydrogen) atoms. The Hall–Kier alpha value is -2.83. The van der Waals surface area contributed by atoms with Crippen molar-refractivity contribution in [2.45, 2.75) is 6.92 Å². The van der Waals surface area contributed by atoms with Crippen LogP contribution in [-0.2, 0) is 4.74 Å². The highest BCUT2D eigenvalue weighted by atomic mass is 16.7. The van der Waals surface area contributed by atoms with Crippen LogP contribution in [0, 0.1) is 6.92 Å². The molecular formula is C14H13N3O4. The predicted octanol–water partition coefficient (Wildman–Crippen LogP) is 2.04. The Morgan fingerprint density at radius 2 is 2.05 bits per heavy atom. The van der Waals surface area contributed by atoms with Gasteiger partial charge in [0.1, 0.15) is 0 Å². The minimum Gasteiger partial charge on any atom is -0.464 e. The van der Waals surface area contributed by atoms with E-state index in [1.54, 1.807) is 25.1 Å². The van der Waals surface area contributed by atoms with Crippen LogP contribution in [0.25, 0.3) is 0 Å². The zero-order chi connectivity index (χ0) is 14.8. The third kappa shape index (κ3) is 2.71. The molecule has 2 aromatic rings. The van der Waals surface area contributed by atoms with Gasteiger partial charge < -0.3 is 19.5 Å². The second kappa shape index (κ2) is 5.28. The Labute approximate surface area is 120 Å². The second-order valence-electron chi connectivity index (χ2n) is 4.40. The zero-order valence-corrected chi connectivity index (χ0v) is 11.5. The Morgan fingerprint density at radius 3 is 2.86 bits per heavy atom. The number of carbonyl (C=O) groups excluding carboxylic acids is 1. The van der Waals surface area contributed by atoms with E-state index in [1.165, 1.54) is 7.11 Å². The van der Waals surface area contributed by atoms with Gasteiger partial charge in [0.15, 0.2) is 17.2 Å². The van der Waals surface area contributed by atoms with Gasteiger partial charge in [0, 0.05) is 17.4 Å². The molecule has 0 amide bonds. The first-order chi connectivity index (χ1) is 10.2. The maximum absolute atomic E-state index is 11.5. The van der Waals surface area contributed by atoms with Gasteiger partial charge >= 0.3 is 5.97 Å². The summed E-state index contributed by atoms with van der Waals surface area (Å²) in [6.45, 7) is 1.99. The molecule has 1 N–H and O–H groups in total. The fourth-order valence-electron chi connectivity index (χ4n) is 1.94. The van der Waals surface area contributed by atoms with Crippen LogP contribution in [0.15, 0.2) is 24.3 Å². The maximum Gasteiger partial charge on any atom is 0.356 e. The molecule has 0 unspecified atom stereocenters. The number of benzene rings is 1. The van der Waals surface area contributed by atoms with Crippen molar-refractivity contribution in [2.24, 2.45) is 0 Å². The van der Waals surface area contributed by atoms with Gasteiger partial charge in [-0.2, -0.15) is 0 Å². The molecule has 1 aliphatic rings. The minimum atomic E-state index is -0.505. The first-order valence-corrected chi connectivity index (χ1v) is 6.26. The highest BCUT2D eigenvalue weighted by Crippen LogP contribution is 2.34. The summed E-state index contributed by atoms with van der Waals surface area (Å²) in [4.78, 5) is 19.9. The van der Waals surface area contributed by atoms with Crippen molar-refractivity contribution in [3.8, 4) is 11.5 Å². The van der Waals surface area contributed by atoms with E-state index in [0.29, 0.717) is 23.1 Å². The number of fused-ring (bicyclic) bond motifs is 1. The number of hydrogen-bond donors (Lipinski definition) is 1. The number of esters is 1. The highest BCUT2D eigenvalue weighted by Gasteiger charge is 2.15. The summed E-state index contributed by atoms with van der Waals surface area (Å²) in [5.74, 6) is 1.16. The molecule has 2 heterocycles. The molecule has 3 rings (SSSR count). The number of methoxy groups -OCH3 is 1. The standard InChI is InChI=1S/C14H13N3O4/c1-8-5-10(13(18)19-2)17-14(15-8)16-9-3-4-11-12(6-9)21-7-20-11/h3-6H,7H2,1-2H3,(H,15,16,17). The lowest BCUT2D eigenvalue weighted by Gasteiger charge is -2.08. The van der Waals surface area contributed by atoms with Crippen LogP contribution < -0.4 is 14.8 Å². The van der Waals surface area contributed by atoms with Crippen molar-refractivity contribution in [1.29, 1.82) is 0 Å². The van der Waals surface area contributed by atoms with Crippen LogP contribution in [0.5, 0.6) is 11.5 Å². The summed E-state index contributed by atoms with van der Waals surface area (Å²) in [5.41, 5.74) is 1.60. The summed E-state index contributed by atoms with van der Waals surface area (Å²) in [7, 11) is 1.31. The fraction of sp³-hybridized carbons (Fsp3) is 0.214. The lowest BCUT2D eigenvalue weighted by atomic mass is 10.3. The van der Waals surface area contributed by atoms with Crippen molar-refractivity contribution < 1.29 is 19.0 Å². The molecule has 0 fully saturated rings. The summed E-state index contributed by atoms with van der Waals surface area (Å²) >= 11 is 0. The van der Waals surface area contributed by atoms with E-state index in [2.05, 4.69) is 20.0 Å². The van der Waals surface area contributed by atoms with E-state index in [9.17, 15) is 4.79 Å². The van der Waals surface area contributed by atoms with Crippen molar-refractivity contribution >= 4 is 17.6 Å². The first kappa shape index (κ1) is 13.2. The van der Waals surface area contributed by atoms with Gasteiger partial charge in [-0.05, 0) is 25.1 Å². The Bertz CT molecular complexity index is 703. The van der Waals surface area contributed by atoms with Gasteiger partial charge in [-0.15, -0.1) is 0 Å². The number of ether oxygens (including phenoxy) is 3. The second-order valence-corrected chi connectivity index (χ2v) is 4.40. The number of aromatic nitrogens is 2. The van der Waals surface area contributed by atoms with E-state index >= 15 is 0 Å². The molecule has 0 aliphatic carbocycles. The smallest absolute Gasteiger partial charge is 0.356 e. The van der Waals surface area contributed by atoms with E-state index < -0.39 is 5.97 Å². The van der Waals surface area contributed by atoms with Crippen molar-refractivity contribution in [3.05, 3.63) is 35.7 Å². The minimum absolute atomic E-state index is 0.202. The number of anilines is 2. The average molecular weight is 287 g/mol. The van der Waals surface area contributed by atoms with Gasteiger partial charge in [0.25, 0.3) is 0 Å². The van der Waals surface area contributed by atoms with Gasteiger partial charge in [-0.1, -0.05) is 0 Å². The number of nitrogens with one attached hydrogen (secondary N) is 1. The molecule has 7 heteroatoms. The van der Waals surface area contributed by atoms with Crippen LogP contribution in [0.2, 0.25) is 0 Å². The summed E-state index contributed by atoms with van der Waals surface area (Å²) in [5, 5.41) is 3.03. The predicted molar refractivity (Wildman–Crippen MR) is 74.0 cm³/mol. The molecule has 108 valence electrons. The number of carbonyl (C=O) groups is 1. The van der Waals surface area contributed by atoms with Gasteiger partial charge in [-0.3, -0.25) is 0 Å². The van der Waals surface area contributed by atoms with Crippen molar-refractivity contribution in [3.63, 3.8) is 0 Å². The number of hydrogen-bond acceptors (Lipinski definition) is 7. The van der Waals surface area contributed by atoms with Gasteiger partial charge in [-0.25, -0.2) is 14.8 Å². The first-order valence-electron chi connectivity index (χ1n) is 6.26. The SMILES string of the molecule is COC(=O)c1cc(C)nc(Nc2ccc3c(c2)OCO3)n1. The molecule has 0 spiro atoms. The number of rotatable bonds is 3. The largest absolute Gasteiger partial charge is 0.464 e. The van der Waals surface area contributed by atoms with E-state index in [0.717, 1.165) is 5.69 Å². The third-order valence-electron chi connectivity index (χ3n) is 2.88. The lowest BCUT2D eigenvalue weighted by Crippen LogP contribution is -2.08. The summed E-state index contributed by atoms with van der Waals surface area (Å²) < 4.78 is 15.2. The van der Waals surface area contributed by atoms with E-state index in [1.807, 2.05) is 6.07 Å². The molecule has 0 atom stereocenters. The van der Waals surface area contributed by atoms with Gasteiger partial charge in [0.2, 0.25) is 12.7 Å². The normalized spacial score (nSPS) is 12.1. The quantitative estimate of drug-likeness (QED) is 0.865. The molecule has 0 saturated carbocycles. The van der Waals surface area contributed by atoms with Crippen LogP contribution in [-0.4, -0.2) is 29.8 Å². The van der Waals surface area contributed by atoms with Crippen LogP contribution in [0.4, 0.5) is 11.6 Å². The summed E-state index contributed by atoms with van der Waals surface area (Å²) in [6, 6.07) is 6.96. The molecule has 0 bridgehead atoms.